The van der Waals surface area contributed by atoms with E-state index in [-0.39, 0.29) is 0 Å². The van der Waals surface area contributed by atoms with Crippen LogP contribution in [-0.2, 0) is 6.54 Å². The second kappa shape index (κ2) is 6.71. The predicted molar refractivity (Wildman–Crippen MR) is 85.7 cm³/mol. The minimum Gasteiger partial charge on any atom is -0.497 e. The van der Waals surface area contributed by atoms with Crippen LogP contribution in [0.3, 0.4) is 0 Å². The van der Waals surface area contributed by atoms with Crippen LogP contribution in [0.25, 0.3) is 0 Å². The highest BCUT2D eigenvalue weighted by Crippen LogP contribution is 2.32. The molecule has 0 spiro atoms. The number of rotatable bonds is 5. The van der Waals surface area contributed by atoms with E-state index in [2.05, 4.69) is 11.4 Å². The Balaban J connectivity index is 1.76. The molecule has 0 fully saturated rings. The van der Waals surface area contributed by atoms with E-state index in [4.69, 9.17) is 14.2 Å². The summed E-state index contributed by atoms with van der Waals surface area (Å²) in [6.45, 7) is 1.46. The number of benzene rings is 2. The van der Waals surface area contributed by atoms with Gasteiger partial charge < -0.3 is 19.5 Å². The van der Waals surface area contributed by atoms with Crippen LogP contribution >= 0.6 is 0 Å². The summed E-state index contributed by atoms with van der Waals surface area (Å²) in [4.78, 5) is 0. The lowest BCUT2D eigenvalue weighted by molar-refractivity contribution is 0.252. The van der Waals surface area contributed by atoms with Crippen LogP contribution in [0, 0.1) is 0 Å². The van der Waals surface area contributed by atoms with Crippen LogP contribution in [-0.4, -0.2) is 20.8 Å². The van der Waals surface area contributed by atoms with Crippen molar-refractivity contribution < 1.29 is 14.2 Å². The summed E-state index contributed by atoms with van der Waals surface area (Å²) in [7, 11) is 3.36. The quantitative estimate of drug-likeness (QED) is 0.919. The fourth-order valence-electron chi connectivity index (χ4n) is 2.81. The molecular weight excluding hydrogens is 278 g/mol. The maximum Gasteiger partial charge on any atom is 0.124 e. The third kappa shape index (κ3) is 3.02. The first kappa shape index (κ1) is 14.7. The van der Waals surface area contributed by atoms with E-state index in [9.17, 15) is 0 Å². The van der Waals surface area contributed by atoms with E-state index >= 15 is 0 Å². The van der Waals surface area contributed by atoms with Crippen molar-refractivity contribution in [3.63, 3.8) is 0 Å². The summed E-state index contributed by atoms with van der Waals surface area (Å²) in [6.07, 6.45) is 0.962. The first-order valence-corrected chi connectivity index (χ1v) is 7.48. The van der Waals surface area contributed by atoms with Gasteiger partial charge in [-0.05, 0) is 24.3 Å². The fraction of sp³-hybridized carbons (Fsp3) is 0.333. The number of hydrogen-bond donors (Lipinski definition) is 1. The van der Waals surface area contributed by atoms with Crippen molar-refractivity contribution in [2.24, 2.45) is 0 Å². The minimum absolute atomic E-state index is 0.292. The van der Waals surface area contributed by atoms with Crippen LogP contribution in [0.2, 0.25) is 0 Å². The summed E-state index contributed by atoms with van der Waals surface area (Å²) < 4.78 is 16.4. The molecular formula is C18H21NO3. The Kier molecular flexibility index (Phi) is 4.49. The molecule has 1 unspecified atom stereocenters. The summed E-state index contributed by atoms with van der Waals surface area (Å²) in [5.74, 6) is 2.68. The van der Waals surface area contributed by atoms with Gasteiger partial charge in [-0.25, -0.2) is 0 Å². The van der Waals surface area contributed by atoms with Gasteiger partial charge in [0.25, 0.3) is 0 Å². The molecule has 0 aliphatic carbocycles. The van der Waals surface area contributed by atoms with E-state index in [1.54, 1.807) is 14.2 Å². The van der Waals surface area contributed by atoms with Crippen LogP contribution in [0.1, 0.15) is 23.6 Å². The molecule has 1 aliphatic heterocycles. The van der Waals surface area contributed by atoms with Gasteiger partial charge >= 0.3 is 0 Å². The molecule has 4 nitrogen and oxygen atoms in total. The molecule has 1 aliphatic rings. The average Bonchev–Trinajstić information content (AvgIpc) is 2.59. The Morgan fingerprint density at radius 2 is 2.00 bits per heavy atom. The van der Waals surface area contributed by atoms with E-state index in [0.29, 0.717) is 6.04 Å². The normalized spacial score (nSPS) is 16.5. The summed E-state index contributed by atoms with van der Waals surface area (Å²) in [5, 5.41) is 3.60. The van der Waals surface area contributed by atoms with Gasteiger partial charge in [0.1, 0.15) is 17.2 Å². The zero-order valence-electron chi connectivity index (χ0n) is 13.0. The second-order valence-electron chi connectivity index (χ2n) is 5.29. The molecule has 0 saturated carbocycles. The van der Waals surface area contributed by atoms with E-state index in [0.717, 1.165) is 42.4 Å². The predicted octanol–water partition coefficient (Wildman–Crippen LogP) is 3.32. The molecule has 0 aromatic heterocycles. The summed E-state index contributed by atoms with van der Waals surface area (Å²) in [6, 6.07) is 14.3. The van der Waals surface area contributed by atoms with Crippen LogP contribution in [0.15, 0.2) is 42.5 Å². The average molecular weight is 299 g/mol. The van der Waals surface area contributed by atoms with Gasteiger partial charge in [0, 0.05) is 30.1 Å². The van der Waals surface area contributed by atoms with Gasteiger partial charge in [-0.1, -0.05) is 18.2 Å². The highest BCUT2D eigenvalue weighted by molar-refractivity contribution is 5.41. The smallest absolute Gasteiger partial charge is 0.124 e. The van der Waals surface area contributed by atoms with Crippen molar-refractivity contribution in [3.05, 3.63) is 53.6 Å². The van der Waals surface area contributed by atoms with Crippen molar-refractivity contribution in [2.75, 3.05) is 20.8 Å². The molecule has 3 rings (SSSR count). The van der Waals surface area contributed by atoms with Gasteiger partial charge in [-0.2, -0.15) is 0 Å². The Hall–Kier alpha value is -2.20. The zero-order chi connectivity index (χ0) is 15.4. The number of fused-ring (bicyclic) bond motifs is 1. The number of hydrogen-bond acceptors (Lipinski definition) is 4. The van der Waals surface area contributed by atoms with E-state index in [1.807, 2.05) is 36.4 Å². The molecule has 4 heteroatoms. The van der Waals surface area contributed by atoms with Crippen molar-refractivity contribution in [2.45, 2.75) is 19.0 Å². The molecule has 22 heavy (non-hydrogen) atoms. The number of methoxy groups -OCH3 is 2. The fourth-order valence-corrected chi connectivity index (χ4v) is 2.81. The third-order valence-electron chi connectivity index (χ3n) is 3.98. The van der Waals surface area contributed by atoms with Gasteiger partial charge in [0.15, 0.2) is 0 Å². The molecule has 116 valence electrons. The molecule has 1 heterocycles. The molecule has 1 N–H and O–H groups in total. The largest absolute Gasteiger partial charge is 0.497 e. The van der Waals surface area contributed by atoms with Crippen molar-refractivity contribution in [1.82, 2.24) is 5.32 Å². The maximum absolute atomic E-state index is 5.70. The van der Waals surface area contributed by atoms with Gasteiger partial charge in [-0.15, -0.1) is 0 Å². The van der Waals surface area contributed by atoms with Crippen LogP contribution in [0.5, 0.6) is 17.2 Å². The lowest BCUT2D eigenvalue weighted by Gasteiger charge is -2.27. The van der Waals surface area contributed by atoms with Crippen LogP contribution < -0.4 is 19.5 Å². The zero-order valence-corrected chi connectivity index (χ0v) is 13.0. The number of para-hydroxylation sites is 1. The molecule has 0 radical (unpaired) electrons. The molecule has 0 saturated heterocycles. The Labute approximate surface area is 131 Å². The highest BCUT2D eigenvalue weighted by Gasteiger charge is 2.20. The first-order chi connectivity index (χ1) is 10.8. The second-order valence-corrected chi connectivity index (χ2v) is 5.29. The first-order valence-electron chi connectivity index (χ1n) is 7.48. The number of ether oxygens (including phenoxy) is 3. The maximum atomic E-state index is 5.70. The van der Waals surface area contributed by atoms with Gasteiger partial charge in [-0.3, -0.25) is 0 Å². The van der Waals surface area contributed by atoms with Gasteiger partial charge in [0.2, 0.25) is 0 Å². The van der Waals surface area contributed by atoms with Crippen LogP contribution in [0.4, 0.5) is 0 Å². The van der Waals surface area contributed by atoms with E-state index < -0.39 is 0 Å². The monoisotopic (exact) mass is 299 g/mol. The summed E-state index contributed by atoms with van der Waals surface area (Å²) in [5.41, 5.74) is 2.31. The topological polar surface area (TPSA) is 39.7 Å². The Morgan fingerprint density at radius 1 is 1.14 bits per heavy atom. The Bertz CT molecular complexity index is 642. The minimum atomic E-state index is 0.292. The Morgan fingerprint density at radius 3 is 2.82 bits per heavy atom. The van der Waals surface area contributed by atoms with Crippen molar-refractivity contribution >= 4 is 0 Å². The molecule has 2 aromatic carbocycles. The standard InChI is InChI=1S/C18H21NO3/c1-20-14-7-8-17(21-2)13(11-14)12-19-16-9-10-22-18-6-4-3-5-15(16)18/h3-8,11,16,19H,9-10,12H2,1-2H3. The lowest BCUT2D eigenvalue weighted by Crippen LogP contribution is -2.26. The van der Waals surface area contributed by atoms with Gasteiger partial charge in [0.05, 0.1) is 20.8 Å². The van der Waals surface area contributed by atoms with E-state index in [1.165, 1.54) is 5.56 Å². The molecule has 2 aromatic rings. The SMILES string of the molecule is COc1ccc(OC)c(CNC2CCOc3ccccc32)c1. The number of nitrogens with one attached hydrogen (secondary N) is 1. The lowest BCUT2D eigenvalue weighted by atomic mass is 10.0. The highest BCUT2D eigenvalue weighted by atomic mass is 16.5. The third-order valence-corrected chi connectivity index (χ3v) is 3.98. The molecule has 0 amide bonds. The summed E-state index contributed by atoms with van der Waals surface area (Å²) >= 11 is 0. The molecule has 1 atom stereocenters. The van der Waals surface area contributed by atoms with Crippen molar-refractivity contribution in [3.8, 4) is 17.2 Å². The molecule has 0 bridgehead atoms. The van der Waals surface area contributed by atoms with Crippen molar-refractivity contribution in [1.29, 1.82) is 0 Å².